The maximum absolute atomic E-state index is 12.4. The van der Waals surface area contributed by atoms with Gasteiger partial charge < -0.3 is 9.84 Å². The first-order valence-electron chi connectivity index (χ1n) is 8.72. The average molecular weight is 379 g/mol. The second-order valence-corrected chi connectivity index (χ2v) is 7.90. The van der Waals surface area contributed by atoms with Gasteiger partial charge in [-0.2, -0.15) is 0 Å². The van der Waals surface area contributed by atoms with Gasteiger partial charge >= 0.3 is 0 Å². The molecule has 2 aromatic rings. The highest BCUT2D eigenvalue weighted by Gasteiger charge is 2.18. The van der Waals surface area contributed by atoms with Crippen molar-refractivity contribution in [2.45, 2.75) is 51.3 Å². The molecule has 1 amide bonds. The summed E-state index contributed by atoms with van der Waals surface area (Å²) < 4.78 is 31.9. The van der Waals surface area contributed by atoms with Crippen LogP contribution in [0.4, 0.5) is 11.5 Å². The summed E-state index contributed by atoms with van der Waals surface area (Å²) in [5, 5.41) is 6.48. The number of nitrogens with zero attached hydrogens (tertiary/aromatic N) is 1. The molecule has 142 valence electrons. The molecule has 7 nitrogen and oxygen atoms in total. The molecule has 1 heterocycles. The summed E-state index contributed by atoms with van der Waals surface area (Å²) in [4.78, 5) is 12.4. The molecule has 26 heavy (non-hydrogen) atoms. The molecule has 2 rings (SSSR count). The molecule has 0 radical (unpaired) electrons. The lowest BCUT2D eigenvalue weighted by atomic mass is 9.97. The molecule has 0 saturated heterocycles. The molecule has 0 atom stereocenters. The van der Waals surface area contributed by atoms with Crippen LogP contribution in [0.3, 0.4) is 0 Å². The van der Waals surface area contributed by atoms with E-state index in [2.05, 4.69) is 29.0 Å². The molecule has 0 spiro atoms. The zero-order valence-corrected chi connectivity index (χ0v) is 16.1. The Kier molecular flexibility index (Phi) is 6.79. The Morgan fingerprint density at radius 2 is 1.77 bits per heavy atom. The van der Waals surface area contributed by atoms with E-state index < -0.39 is 10.0 Å². The Morgan fingerprint density at radius 3 is 2.27 bits per heavy atom. The van der Waals surface area contributed by atoms with E-state index in [1.165, 1.54) is 18.2 Å². The van der Waals surface area contributed by atoms with Crippen LogP contribution in [0.25, 0.3) is 0 Å². The number of amides is 1. The second kappa shape index (κ2) is 8.84. The van der Waals surface area contributed by atoms with Crippen molar-refractivity contribution in [3.05, 3.63) is 36.1 Å². The number of aromatic nitrogens is 1. The highest BCUT2D eigenvalue weighted by atomic mass is 32.2. The van der Waals surface area contributed by atoms with Gasteiger partial charge in [-0.25, -0.2) is 8.42 Å². The smallest absolute Gasteiger partial charge is 0.263 e. The Balaban J connectivity index is 2.06. The maximum atomic E-state index is 12.4. The van der Waals surface area contributed by atoms with E-state index in [1.54, 1.807) is 19.1 Å². The van der Waals surface area contributed by atoms with E-state index in [4.69, 9.17) is 4.52 Å². The molecule has 1 aromatic carbocycles. The number of hydrogen-bond acceptors (Lipinski definition) is 5. The fraction of sp³-hybridized carbons (Fsp3) is 0.444. The molecule has 8 heteroatoms. The van der Waals surface area contributed by atoms with Gasteiger partial charge in [0.05, 0.1) is 4.90 Å². The highest BCUT2D eigenvalue weighted by Crippen LogP contribution is 2.20. The standard InChI is InChI=1S/C18H25N3O4S/c1-4-6-14(7-5-2)18(22)19-15-8-10-16(11-9-15)26(23,24)21-17-12-13(3)25-20-17/h8-12,14H,4-7H2,1-3H3,(H,19,22)(H,20,21). The van der Waals surface area contributed by atoms with E-state index in [1.807, 2.05) is 0 Å². The fourth-order valence-corrected chi connectivity index (χ4v) is 3.66. The number of sulfonamides is 1. The topological polar surface area (TPSA) is 101 Å². The van der Waals surface area contributed by atoms with Crippen LogP contribution in [-0.2, 0) is 14.8 Å². The summed E-state index contributed by atoms with van der Waals surface area (Å²) in [5.74, 6) is 0.585. The Hall–Kier alpha value is -2.35. The first-order chi connectivity index (χ1) is 12.4. The van der Waals surface area contributed by atoms with Gasteiger partial charge in [0.25, 0.3) is 10.0 Å². The van der Waals surface area contributed by atoms with Gasteiger partial charge in [0.2, 0.25) is 5.91 Å². The van der Waals surface area contributed by atoms with Gasteiger partial charge in [0.15, 0.2) is 5.82 Å². The normalized spacial score (nSPS) is 11.5. The number of hydrogen-bond donors (Lipinski definition) is 2. The van der Waals surface area contributed by atoms with Crippen LogP contribution in [0.5, 0.6) is 0 Å². The van der Waals surface area contributed by atoms with Crippen molar-refractivity contribution >= 4 is 27.4 Å². The van der Waals surface area contributed by atoms with Crippen LogP contribution in [0.1, 0.15) is 45.3 Å². The number of anilines is 2. The van der Waals surface area contributed by atoms with E-state index in [0.29, 0.717) is 11.4 Å². The summed E-state index contributed by atoms with van der Waals surface area (Å²) in [6.07, 6.45) is 3.57. The molecule has 0 bridgehead atoms. The van der Waals surface area contributed by atoms with Crippen molar-refractivity contribution in [1.82, 2.24) is 5.16 Å². The van der Waals surface area contributed by atoms with E-state index in [9.17, 15) is 13.2 Å². The largest absolute Gasteiger partial charge is 0.360 e. The summed E-state index contributed by atoms with van der Waals surface area (Å²) in [6.45, 7) is 5.78. The maximum Gasteiger partial charge on any atom is 0.263 e. The van der Waals surface area contributed by atoms with Crippen LogP contribution < -0.4 is 10.0 Å². The van der Waals surface area contributed by atoms with Crippen molar-refractivity contribution in [1.29, 1.82) is 0 Å². The molecule has 0 unspecified atom stereocenters. The van der Waals surface area contributed by atoms with Crippen LogP contribution in [0.15, 0.2) is 39.8 Å². The van der Waals surface area contributed by atoms with Crippen molar-refractivity contribution in [2.24, 2.45) is 5.92 Å². The number of rotatable bonds is 9. The quantitative estimate of drug-likeness (QED) is 0.687. The zero-order chi connectivity index (χ0) is 19.2. The fourth-order valence-electron chi connectivity index (χ4n) is 2.68. The van der Waals surface area contributed by atoms with Gasteiger partial charge in [-0.3, -0.25) is 9.52 Å². The number of nitrogens with one attached hydrogen (secondary N) is 2. The minimum absolute atomic E-state index is 0.0227. The first-order valence-corrected chi connectivity index (χ1v) is 10.2. The summed E-state index contributed by atoms with van der Waals surface area (Å²) in [5.41, 5.74) is 0.573. The lowest BCUT2D eigenvalue weighted by molar-refractivity contribution is -0.120. The monoisotopic (exact) mass is 379 g/mol. The third kappa shape index (κ3) is 5.32. The van der Waals surface area contributed by atoms with E-state index >= 15 is 0 Å². The minimum Gasteiger partial charge on any atom is -0.360 e. The van der Waals surface area contributed by atoms with Gasteiger partial charge in [-0.05, 0) is 44.0 Å². The predicted molar refractivity (Wildman–Crippen MR) is 100 cm³/mol. The summed E-state index contributed by atoms with van der Waals surface area (Å²) in [7, 11) is -3.76. The Morgan fingerprint density at radius 1 is 1.15 bits per heavy atom. The molecule has 0 fully saturated rings. The van der Waals surface area contributed by atoms with E-state index in [-0.39, 0.29) is 22.5 Å². The van der Waals surface area contributed by atoms with Crippen molar-refractivity contribution in [3.8, 4) is 0 Å². The lowest BCUT2D eigenvalue weighted by Gasteiger charge is -2.15. The SMILES string of the molecule is CCCC(CCC)C(=O)Nc1ccc(S(=O)(=O)Nc2cc(C)on2)cc1. The van der Waals surface area contributed by atoms with Crippen LogP contribution in [0.2, 0.25) is 0 Å². The molecule has 0 aliphatic carbocycles. The predicted octanol–water partition coefficient (Wildman–Crippen LogP) is 3.94. The number of carbonyl (C=O) groups excluding carboxylic acids is 1. The second-order valence-electron chi connectivity index (χ2n) is 6.22. The molecule has 0 saturated carbocycles. The number of aryl methyl sites for hydroxylation is 1. The lowest BCUT2D eigenvalue weighted by Crippen LogP contribution is -2.22. The zero-order valence-electron chi connectivity index (χ0n) is 15.3. The van der Waals surface area contributed by atoms with Gasteiger partial charge in [0.1, 0.15) is 5.76 Å². The average Bonchev–Trinajstić information content (AvgIpc) is 2.99. The molecule has 0 aliphatic heterocycles. The number of carbonyl (C=O) groups is 1. The third-order valence-electron chi connectivity index (χ3n) is 3.94. The molecule has 2 N–H and O–H groups in total. The Bertz CT molecular complexity index is 822. The minimum atomic E-state index is -3.76. The van der Waals surface area contributed by atoms with Crippen molar-refractivity contribution in [2.75, 3.05) is 10.0 Å². The Labute approximate surface area is 154 Å². The molecule has 1 aromatic heterocycles. The summed E-state index contributed by atoms with van der Waals surface area (Å²) in [6, 6.07) is 7.54. The third-order valence-corrected chi connectivity index (χ3v) is 5.31. The van der Waals surface area contributed by atoms with Crippen LogP contribution >= 0.6 is 0 Å². The highest BCUT2D eigenvalue weighted by molar-refractivity contribution is 7.92. The summed E-state index contributed by atoms with van der Waals surface area (Å²) >= 11 is 0. The van der Waals surface area contributed by atoms with Gasteiger partial charge in [-0.1, -0.05) is 31.8 Å². The molecule has 0 aliphatic rings. The van der Waals surface area contributed by atoms with Crippen molar-refractivity contribution < 1.29 is 17.7 Å². The molecular formula is C18H25N3O4S. The number of benzene rings is 1. The van der Waals surface area contributed by atoms with Crippen LogP contribution in [-0.4, -0.2) is 19.5 Å². The van der Waals surface area contributed by atoms with Gasteiger partial charge in [-0.15, -0.1) is 0 Å². The van der Waals surface area contributed by atoms with Gasteiger partial charge in [0, 0.05) is 17.7 Å². The van der Waals surface area contributed by atoms with E-state index in [0.717, 1.165) is 25.7 Å². The van der Waals surface area contributed by atoms with Crippen LogP contribution in [0, 0.1) is 12.8 Å². The van der Waals surface area contributed by atoms with Crippen molar-refractivity contribution in [3.63, 3.8) is 0 Å². The molecular weight excluding hydrogens is 354 g/mol. The first kappa shape index (κ1) is 20.0.